The maximum absolute atomic E-state index is 12.9. The number of fused-ring (bicyclic) bond motifs is 1. The van der Waals surface area contributed by atoms with E-state index in [1.807, 2.05) is 18.2 Å². The van der Waals surface area contributed by atoms with E-state index in [1.54, 1.807) is 11.8 Å². The number of carbonyl (C=O) groups is 1. The maximum Gasteiger partial charge on any atom is 0.416 e. The van der Waals surface area contributed by atoms with Crippen LogP contribution in [0.5, 0.6) is 5.75 Å². The molecule has 3 aromatic rings. The first kappa shape index (κ1) is 23.3. The predicted octanol–water partition coefficient (Wildman–Crippen LogP) is 3.68. The maximum atomic E-state index is 12.9. The Morgan fingerprint density at radius 1 is 1.11 bits per heavy atom. The molecule has 2 aliphatic rings. The lowest BCUT2D eigenvalue weighted by Gasteiger charge is -2.41. The van der Waals surface area contributed by atoms with E-state index in [1.165, 1.54) is 17.7 Å². The first-order valence-corrected chi connectivity index (χ1v) is 11.5. The van der Waals surface area contributed by atoms with Gasteiger partial charge in [-0.05, 0) is 42.7 Å². The van der Waals surface area contributed by atoms with Crippen LogP contribution in [-0.2, 0) is 30.5 Å². The molecule has 0 aliphatic carbocycles. The molecule has 1 saturated heterocycles. The third-order valence-electron chi connectivity index (χ3n) is 6.77. The number of ether oxygens (including phenoxy) is 1. The van der Waals surface area contributed by atoms with Crippen LogP contribution < -0.4 is 10.1 Å². The molecule has 184 valence electrons. The summed E-state index contributed by atoms with van der Waals surface area (Å²) in [6.45, 7) is 2.47. The van der Waals surface area contributed by atoms with Gasteiger partial charge < -0.3 is 10.1 Å². The number of halogens is 3. The lowest BCUT2D eigenvalue weighted by atomic mass is 9.84. The van der Waals surface area contributed by atoms with Crippen molar-refractivity contribution < 1.29 is 22.7 Å². The minimum absolute atomic E-state index is 0.0399. The molecule has 1 amide bonds. The van der Waals surface area contributed by atoms with Crippen LogP contribution >= 0.6 is 0 Å². The molecular weight excluding hydrogens is 459 g/mol. The molecular formula is C25H26F3N5O2. The minimum atomic E-state index is -4.40. The number of nitrogens with zero attached hydrogens (tertiary/aromatic N) is 4. The van der Waals surface area contributed by atoms with Crippen molar-refractivity contribution in [3.63, 3.8) is 0 Å². The second kappa shape index (κ2) is 8.99. The first-order valence-electron chi connectivity index (χ1n) is 11.5. The molecule has 0 radical (unpaired) electrons. The summed E-state index contributed by atoms with van der Waals surface area (Å²) in [5.41, 5.74) is 0.522. The molecule has 1 fully saturated rings. The van der Waals surface area contributed by atoms with E-state index in [2.05, 4.69) is 26.4 Å². The summed E-state index contributed by atoms with van der Waals surface area (Å²) >= 11 is 0. The summed E-state index contributed by atoms with van der Waals surface area (Å²) in [5, 5.41) is 7.63. The molecule has 1 N–H and O–H groups in total. The van der Waals surface area contributed by atoms with Crippen molar-refractivity contribution in [3.8, 4) is 17.1 Å². The Hall–Kier alpha value is -3.40. The molecule has 0 unspecified atom stereocenters. The van der Waals surface area contributed by atoms with Crippen LogP contribution in [0.3, 0.4) is 0 Å². The van der Waals surface area contributed by atoms with Gasteiger partial charge >= 0.3 is 6.18 Å². The average Bonchev–Trinajstić information content (AvgIpc) is 3.16. The van der Waals surface area contributed by atoms with Crippen LogP contribution in [0.2, 0.25) is 0 Å². The average molecular weight is 486 g/mol. The Bertz CT molecular complexity index is 1210. The summed E-state index contributed by atoms with van der Waals surface area (Å²) in [6.07, 6.45) is -2.33. The SMILES string of the molecule is COc1cccc(CN2CCC3(CC2)Cc2nc(-c4ccc(C(F)(F)F)cc4)nn2CC(=O)N3)c1. The fraction of sp³-hybridized carbons (Fsp3) is 0.400. The van der Waals surface area contributed by atoms with Crippen LogP contribution in [0.25, 0.3) is 11.4 Å². The molecule has 10 heteroatoms. The highest BCUT2D eigenvalue weighted by Crippen LogP contribution is 2.32. The second-order valence-electron chi connectivity index (χ2n) is 9.22. The van der Waals surface area contributed by atoms with Gasteiger partial charge in [-0.25, -0.2) is 9.67 Å². The van der Waals surface area contributed by atoms with Crippen LogP contribution in [0.1, 0.15) is 29.8 Å². The molecule has 0 atom stereocenters. The Morgan fingerprint density at radius 3 is 2.54 bits per heavy atom. The van der Waals surface area contributed by atoms with Gasteiger partial charge in [0.2, 0.25) is 5.91 Å². The molecule has 35 heavy (non-hydrogen) atoms. The third-order valence-corrected chi connectivity index (χ3v) is 6.77. The number of hydrogen-bond acceptors (Lipinski definition) is 5. The Morgan fingerprint density at radius 2 is 1.86 bits per heavy atom. The normalized spacial score (nSPS) is 18.1. The standard InChI is InChI=1S/C25H26F3N5O2/c1-35-20-4-2-3-17(13-20)15-32-11-9-24(10-12-32)14-21-29-23(31-33(21)16-22(34)30-24)18-5-7-19(8-6-18)25(26,27)28/h2-8,13H,9-12,14-16H2,1H3,(H,30,34). The largest absolute Gasteiger partial charge is 0.497 e. The summed E-state index contributed by atoms with van der Waals surface area (Å²) < 4.78 is 45.6. The first-order chi connectivity index (χ1) is 16.7. The number of benzene rings is 2. The highest BCUT2D eigenvalue weighted by molar-refractivity contribution is 5.77. The minimum Gasteiger partial charge on any atom is -0.497 e. The smallest absolute Gasteiger partial charge is 0.416 e. The number of nitrogens with one attached hydrogen (secondary N) is 1. The van der Waals surface area contributed by atoms with Gasteiger partial charge in [0.25, 0.3) is 0 Å². The number of likely N-dealkylation sites (tertiary alicyclic amines) is 1. The van der Waals surface area contributed by atoms with Crippen molar-refractivity contribution in [3.05, 3.63) is 65.5 Å². The summed E-state index contributed by atoms with van der Waals surface area (Å²) in [4.78, 5) is 19.7. The van der Waals surface area contributed by atoms with Crippen LogP contribution in [0, 0.1) is 0 Å². The number of piperidine rings is 1. The Kier molecular flexibility index (Phi) is 6.00. The monoisotopic (exact) mass is 485 g/mol. The number of hydrogen-bond donors (Lipinski definition) is 1. The van der Waals surface area contributed by atoms with E-state index in [9.17, 15) is 18.0 Å². The van der Waals surface area contributed by atoms with Crippen LogP contribution in [0.15, 0.2) is 48.5 Å². The van der Waals surface area contributed by atoms with E-state index in [0.29, 0.717) is 23.6 Å². The van der Waals surface area contributed by atoms with Crippen molar-refractivity contribution in [2.45, 2.75) is 44.1 Å². The number of carbonyl (C=O) groups excluding carboxylic acids is 1. The third kappa shape index (κ3) is 5.02. The van der Waals surface area contributed by atoms with E-state index in [-0.39, 0.29) is 12.5 Å². The number of rotatable bonds is 4. The fourth-order valence-corrected chi connectivity index (χ4v) is 4.85. The van der Waals surface area contributed by atoms with E-state index in [0.717, 1.165) is 50.4 Å². The molecule has 2 aromatic carbocycles. The van der Waals surface area contributed by atoms with Gasteiger partial charge in [-0.1, -0.05) is 24.3 Å². The van der Waals surface area contributed by atoms with Crippen molar-refractivity contribution in [1.29, 1.82) is 0 Å². The summed E-state index contributed by atoms with van der Waals surface area (Å²) in [5.74, 6) is 1.69. The molecule has 0 bridgehead atoms. The predicted molar refractivity (Wildman–Crippen MR) is 123 cm³/mol. The van der Waals surface area contributed by atoms with Crippen molar-refractivity contribution >= 4 is 5.91 Å². The zero-order valence-electron chi connectivity index (χ0n) is 19.3. The van der Waals surface area contributed by atoms with Gasteiger partial charge in [0.15, 0.2) is 5.82 Å². The van der Waals surface area contributed by atoms with Gasteiger partial charge in [-0.15, -0.1) is 0 Å². The number of alkyl halides is 3. The zero-order chi connectivity index (χ0) is 24.6. The van der Waals surface area contributed by atoms with E-state index >= 15 is 0 Å². The lowest BCUT2D eigenvalue weighted by Crippen LogP contribution is -2.56. The van der Waals surface area contributed by atoms with Crippen LogP contribution in [0.4, 0.5) is 13.2 Å². The summed E-state index contributed by atoms with van der Waals surface area (Å²) in [7, 11) is 1.65. The van der Waals surface area contributed by atoms with E-state index in [4.69, 9.17) is 4.74 Å². The van der Waals surface area contributed by atoms with Gasteiger partial charge in [-0.3, -0.25) is 9.69 Å². The van der Waals surface area contributed by atoms with Crippen molar-refractivity contribution in [1.82, 2.24) is 25.0 Å². The van der Waals surface area contributed by atoms with Crippen molar-refractivity contribution in [2.75, 3.05) is 20.2 Å². The van der Waals surface area contributed by atoms with Gasteiger partial charge in [-0.2, -0.15) is 18.3 Å². The van der Waals surface area contributed by atoms with Crippen molar-refractivity contribution in [2.24, 2.45) is 0 Å². The molecule has 5 rings (SSSR count). The van der Waals surface area contributed by atoms with Gasteiger partial charge in [0, 0.05) is 37.2 Å². The Balaban J connectivity index is 1.30. The fourth-order valence-electron chi connectivity index (χ4n) is 4.85. The van der Waals surface area contributed by atoms with Crippen LogP contribution in [-0.4, -0.2) is 51.3 Å². The number of aromatic nitrogens is 3. The lowest BCUT2D eigenvalue weighted by molar-refractivity contribution is -0.137. The number of methoxy groups -OCH3 is 1. The quantitative estimate of drug-likeness (QED) is 0.611. The zero-order valence-corrected chi connectivity index (χ0v) is 19.3. The molecule has 1 aromatic heterocycles. The molecule has 0 saturated carbocycles. The number of amides is 1. The topological polar surface area (TPSA) is 72.3 Å². The molecule has 2 aliphatic heterocycles. The second-order valence-corrected chi connectivity index (χ2v) is 9.22. The molecule has 3 heterocycles. The van der Waals surface area contributed by atoms with E-state index < -0.39 is 17.3 Å². The summed E-state index contributed by atoms with van der Waals surface area (Å²) in [6, 6.07) is 12.8. The highest BCUT2D eigenvalue weighted by atomic mass is 19.4. The molecule has 7 nitrogen and oxygen atoms in total. The Labute approximate surface area is 200 Å². The highest BCUT2D eigenvalue weighted by Gasteiger charge is 2.40. The van der Waals surface area contributed by atoms with Gasteiger partial charge in [0.1, 0.15) is 18.1 Å². The van der Waals surface area contributed by atoms with Gasteiger partial charge in [0.05, 0.1) is 12.7 Å². The molecule has 1 spiro atoms.